The van der Waals surface area contributed by atoms with Crippen LogP contribution in [-0.4, -0.2) is 15.6 Å². The van der Waals surface area contributed by atoms with Crippen LogP contribution in [-0.2, 0) is 0 Å². The fourth-order valence-electron chi connectivity index (χ4n) is 1.95. The van der Waals surface area contributed by atoms with Gasteiger partial charge < -0.3 is 5.73 Å². The van der Waals surface area contributed by atoms with E-state index in [1.165, 1.54) is 30.5 Å². The van der Waals surface area contributed by atoms with Crippen LogP contribution in [0.2, 0.25) is 0 Å². The van der Waals surface area contributed by atoms with E-state index in [0.717, 1.165) is 18.2 Å². The number of nitro groups is 2. The molecule has 8 heteroatoms. The van der Waals surface area contributed by atoms with Crippen molar-refractivity contribution in [1.29, 1.82) is 0 Å². The first-order valence-corrected chi connectivity index (χ1v) is 5.89. The van der Waals surface area contributed by atoms with Gasteiger partial charge in [0.25, 0.3) is 11.4 Å². The third-order valence-corrected chi connectivity index (χ3v) is 3.02. The van der Waals surface area contributed by atoms with Crippen molar-refractivity contribution in [2.24, 2.45) is 4.99 Å². The van der Waals surface area contributed by atoms with Crippen molar-refractivity contribution >= 4 is 22.8 Å². The van der Waals surface area contributed by atoms with Crippen molar-refractivity contribution in [3.63, 3.8) is 0 Å². The van der Waals surface area contributed by atoms with Gasteiger partial charge in [-0.3, -0.25) is 25.2 Å². The summed E-state index contributed by atoms with van der Waals surface area (Å²) in [6.45, 7) is 0. The summed E-state index contributed by atoms with van der Waals surface area (Å²) in [6.07, 6.45) is 5.74. The van der Waals surface area contributed by atoms with Gasteiger partial charge in [0.1, 0.15) is 5.69 Å². The highest BCUT2D eigenvalue weighted by molar-refractivity contribution is 5.92. The smallest absolute Gasteiger partial charge is 0.298 e. The fraction of sp³-hybridized carbons (Fsp3) is 0.250. The summed E-state index contributed by atoms with van der Waals surface area (Å²) >= 11 is 0. The van der Waals surface area contributed by atoms with E-state index in [4.69, 9.17) is 5.73 Å². The fourth-order valence-corrected chi connectivity index (χ4v) is 1.95. The van der Waals surface area contributed by atoms with E-state index >= 15 is 0 Å². The van der Waals surface area contributed by atoms with E-state index in [0.29, 0.717) is 0 Å². The van der Waals surface area contributed by atoms with Crippen LogP contribution in [0.25, 0.3) is 0 Å². The largest absolute Gasteiger partial charge is 0.393 e. The van der Waals surface area contributed by atoms with Crippen molar-refractivity contribution in [2.45, 2.75) is 19.3 Å². The van der Waals surface area contributed by atoms with Gasteiger partial charge in [-0.05, 0) is 24.5 Å². The second-order valence-corrected chi connectivity index (χ2v) is 4.42. The molecule has 0 atom stereocenters. The minimum atomic E-state index is -0.762. The van der Waals surface area contributed by atoms with Crippen LogP contribution in [0.15, 0.2) is 35.0 Å². The molecule has 1 saturated carbocycles. The minimum Gasteiger partial charge on any atom is -0.393 e. The Morgan fingerprint density at radius 3 is 2.25 bits per heavy atom. The highest BCUT2D eigenvalue weighted by atomic mass is 16.6. The topological polar surface area (TPSA) is 125 Å². The summed E-state index contributed by atoms with van der Waals surface area (Å²) in [7, 11) is 0. The maximum absolute atomic E-state index is 10.3. The van der Waals surface area contributed by atoms with Crippen LogP contribution >= 0.6 is 0 Å². The second kappa shape index (κ2) is 5.47. The molecule has 20 heavy (non-hydrogen) atoms. The second-order valence-electron chi connectivity index (χ2n) is 4.42. The Kier molecular flexibility index (Phi) is 3.74. The number of fused-ring (bicyclic) bond motifs is 2. The molecule has 0 radical (unpaired) electrons. The number of allylic oxidation sites excluding steroid dienone is 1. The monoisotopic (exact) mass is 276 g/mol. The molecule has 0 spiro atoms. The third kappa shape index (κ3) is 2.97. The summed E-state index contributed by atoms with van der Waals surface area (Å²) in [6, 6.07) is 3.08. The Labute approximate surface area is 113 Å². The van der Waals surface area contributed by atoms with E-state index in [1.54, 1.807) is 0 Å². The Morgan fingerprint density at radius 1 is 1.15 bits per heavy atom. The molecular weight excluding hydrogens is 264 g/mol. The number of hydrogen-bond acceptors (Lipinski definition) is 6. The number of benzene rings is 1. The maximum atomic E-state index is 10.3. The molecule has 1 fully saturated rings. The molecule has 2 N–H and O–H groups in total. The first-order chi connectivity index (χ1) is 9.47. The molecule has 0 unspecified atom stereocenters. The summed E-state index contributed by atoms with van der Waals surface area (Å²) in [4.78, 5) is 23.2. The molecule has 3 rings (SSSR count). The number of hydrogen-bond donors (Lipinski definition) is 1. The Morgan fingerprint density at radius 2 is 1.90 bits per heavy atom. The van der Waals surface area contributed by atoms with Gasteiger partial charge in [0.2, 0.25) is 0 Å². The molecule has 1 aromatic carbocycles. The molecule has 1 aromatic rings. The molecule has 8 nitrogen and oxygen atoms in total. The van der Waals surface area contributed by atoms with Crippen LogP contribution in [0, 0.1) is 20.2 Å². The molecular formula is C12H12N4O4. The summed E-state index contributed by atoms with van der Waals surface area (Å²) in [5.74, 6) is 0. The predicted molar refractivity (Wildman–Crippen MR) is 73.5 cm³/mol. The van der Waals surface area contributed by atoms with Crippen molar-refractivity contribution in [3.05, 3.63) is 50.2 Å². The first-order valence-electron chi connectivity index (χ1n) is 5.89. The number of nitrogen functional groups attached to an aromatic ring is 1. The lowest BCUT2D eigenvalue weighted by Gasteiger charge is -1.95. The van der Waals surface area contributed by atoms with Gasteiger partial charge in [0, 0.05) is 24.4 Å². The zero-order valence-electron chi connectivity index (χ0n) is 10.5. The standard InChI is InChI=1S/C6H5N3O4.C6H7N/c7-5-2-1-4(8(10)11)3-6(5)9(12)13;1-2-6-3-5(1)4-7-6/h1-3H,7H2;4H,1-3H2. The van der Waals surface area contributed by atoms with Crippen molar-refractivity contribution in [1.82, 2.24) is 0 Å². The lowest BCUT2D eigenvalue weighted by molar-refractivity contribution is -0.393. The number of rotatable bonds is 2. The third-order valence-electron chi connectivity index (χ3n) is 3.02. The molecule has 1 aliphatic carbocycles. The molecule has 2 bridgehead atoms. The first kappa shape index (κ1) is 13.7. The maximum Gasteiger partial charge on any atom is 0.298 e. The van der Waals surface area contributed by atoms with Crippen LogP contribution in [0.5, 0.6) is 0 Å². The lowest BCUT2D eigenvalue weighted by atomic mass is 10.2. The van der Waals surface area contributed by atoms with Gasteiger partial charge in [0.15, 0.2) is 0 Å². The van der Waals surface area contributed by atoms with Gasteiger partial charge in [-0.25, -0.2) is 0 Å². The van der Waals surface area contributed by atoms with E-state index in [-0.39, 0.29) is 11.4 Å². The average Bonchev–Trinajstić information content (AvgIpc) is 3.04. The predicted octanol–water partition coefficient (Wildman–Crippen LogP) is 2.59. The normalized spacial score (nSPS) is 15.0. The summed E-state index contributed by atoms with van der Waals surface area (Å²) in [5.41, 5.74) is 7.28. The number of nitrogens with two attached hydrogens (primary N) is 1. The van der Waals surface area contributed by atoms with E-state index in [9.17, 15) is 20.2 Å². The van der Waals surface area contributed by atoms with Crippen molar-refractivity contribution in [3.8, 4) is 0 Å². The van der Waals surface area contributed by atoms with E-state index in [1.807, 2.05) is 6.20 Å². The van der Waals surface area contributed by atoms with Crippen LogP contribution < -0.4 is 5.73 Å². The van der Waals surface area contributed by atoms with Crippen LogP contribution in [0.1, 0.15) is 19.3 Å². The molecule has 0 amide bonds. The number of nitro benzene ring substituents is 2. The molecule has 0 saturated heterocycles. The van der Waals surface area contributed by atoms with Crippen molar-refractivity contribution < 1.29 is 9.85 Å². The number of non-ortho nitro benzene ring substituents is 1. The molecule has 1 aliphatic heterocycles. The minimum absolute atomic E-state index is 0.0874. The average molecular weight is 276 g/mol. The van der Waals surface area contributed by atoms with E-state index in [2.05, 4.69) is 4.99 Å². The summed E-state index contributed by atoms with van der Waals surface area (Å²) in [5, 5.41) is 20.5. The highest BCUT2D eigenvalue weighted by Gasteiger charge is 2.17. The highest BCUT2D eigenvalue weighted by Crippen LogP contribution is 2.27. The summed E-state index contributed by atoms with van der Waals surface area (Å²) < 4.78 is 0. The molecule has 1 heterocycles. The Bertz CT molecular complexity index is 618. The molecule has 2 aliphatic rings. The molecule has 104 valence electrons. The van der Waals surface area contributed by atoms with Gasteiger partial charge in [-0.1, -0.05) is 0 Å². The van der Waals surface area contributed by atoms with Crippen molar-refractivity contribution in [2.75, 3.05) is 5.73 Å². The Hall–Kier alpha value is -2.77. The van der Waals surface area contributed by atoms with Gasteiger partial charge >= 0.3 is 0 Å². The number of nitrogens with zero attached hydrogens (tertiary/aromatic N) is 3. The Balaban J connectivity index is 0.000000173. The zero-order valence-corrected chi connectivity index (χ0v) is 10.5. The zero-order chi connectivity index (χ0) is 14.7. The van der Waals surface area contributed by atoms with Crippen LogP contribution in [0.3, 0.4) is 0 Å². The number of aliphatic imine (C=N–C) groups is 1. The van der Waals surface area contributed by atoms with E-state index < -0.39 is 15.5 Å². The quantitative estimate of drug-likeness (QED) is 0.504. The van der Waals surface area contributed by atoms with Gasteiger partial charge in [-0.2, -0.15) is 0 Å². The molecule has 0 aromatic heterocycles. The number of anilines is 1. The SMILES string of the molecule is C1=C2CCC(=N1)C2.Nc1ccc([N+](=O)[O-])cc1[N+](=O)[O-]. The van der Waals surface area contributed by atoms with Gasteiger partial charge in [-0.15, -0.1) is 0 Å². The lowest BCUT2D eigenvalue weighted by Crippen LogP contribution is -1.97. The van der Waals surface area contributed by atoms with Gasteiger partial charge in [0.05, 0.1) is 15.9 Å². The van der Waals surface area contributed by atoms with Crippen LogP contribution in [0.4, 0.5) is 17.1 Å².